The van der Waals surface area contributed by atoms with Crippen molar-refractivity contribution in [2.75, 3.05) is 31.6 Å². The molecule has 0 saturated carbocycles. The molecule has 0 radical (unpaired) electrons. The maximum Gasteiger partial charge on any atom is 0.405 e. The summed E-state index contributed by atoms with van der Waals surface area (Å²) in [6.07, 6.45) is -3.18. The molecule has 3 amide bonds. The van der Waals surface area contributed by atoms with Gasteiger partial charge in [0, 0.05) is 13.1 Å². The zero-order chi connectivity index (χ0) is 24.6. The Morgan fingerprint density at radius 3 is 2.47 bits per heavy atom. The molecule has 1 heterocycles. The number of alkyl halides is 3. The third kappa shape index (κ3) is 7.50. The number of hydrogen-bond donors (Lipinski definition) is 2. The highest BCUT2D eigenvalue weighted by atomic mass is 19.4. The molecule has 1 saturated heterocycles. The van der Waals surface area contributed by atoms with Crippen LogP contribution in [0.4, 0.5) is 18.9 Å². The SMILES string of the molecule is O=C(NCC(F)(F)F)c1ccccc1NC(=O)C1CCCN(C(=O)CCOc2ccccc2)C1. The molecule has 1 aliphatic rings. The van der Waals surface area contributed by atoms with Gasteiger partial charge >= 0.3 is 6.18 Å². The number of piperidine rings is 1. The Morgan fingerprint density at radius 2 is 1.74 bits per heavy atom. The number of anilines is 1. The second kappa shape index (κ2) is 11.5. The monoisotopic (exact) mass is 477 g/mol. The van der Waals surface area contributed by atoms with Crippen molar-refractivity contribution >= 4 is 23.4 Å². The summed E-state index contributed by atoms with van der Waals surface area (Å²) in [7, 11) is 0. The van der Waals surface area contributed by atoms with Crippen LogP contribution in [0.25, 0.3) is 0 Å². The quantitative estimate of drug-likeness (QED) is 0.608. The van der Waals surface area contributed by atoms with E-state index in [1.165, 1.54) is 18.2 Å². The van der Waals surface area contributed by atoms with Crippen molar-refractivity contribution < 1.29 is 32.3 Å². The van der Waals surface area contributed by atoms with Gasteiger partial charge in [0.1, 0.15) is 12.3 Å². The lowest BCUT2D eigenvalue weighted by atomic mass is 9.96. The molecule has 10 heteroatoms. The van der Waals surface area contributed by atoms with Gasteiger partial charge in [-0.3, -0.25) is 14.4 Å². The van der Waals surface area contributed by atoms with Crippen molar-refractivity contribution in [1.29, 1.82) is 0 Å². The predicted molar refractivity (Wildman–Crippen MR) is 119 cm³/mol. The van der Waals surface area contributed by atoms with Crippen LogP contribution in [0, 0.1) is 5.92 Å². The zero-order valence-corrected chi connectivity index (χ0v) is 18.4. The van der Waals surface area contributed by atoms with Crippen LogP contribution < -0.4 is 15.4 Å². The van der Waals surface area contributed by atoms with Gasteiger partial charge in [-0.05, 0) is 37.1 Å². The first-order valence-corrected chi connectivity index (χ1v) is 10.9. The highest BCUT2D eigenvalue weighted by Crippen LogP contribution is 2.22. The van der Waals surface area contributed by atoms with E-state index < -0.39 is 30.5 Å². The average molecular weight is 477 g/mol. The maximum atomic E-state index is 12.8. The van der Waals surface area contributed by atoms with E-state index in [4.69, 9.17) is 4.74 Å². The first-order valence-electron chi connectivity index (χ1n) is 10.9. The van der Waals surface area contributed by atoms with E-state index in [9.17, 15) is 27.6 Å². The second-order valence-electron chi connectivity index (χ2n) is 7.92. The Bertz CT molecular complexity index is 998. The summed E-state index contributed by atoms with van der Waals surface area (Å²) in [4.78, 5) is 39.2. The van der Waals surface area contributed by atoms with E-state index in [1.54, 1.807) is 28.4 Å². The lowest BCUT2D eigenvalue weighted by Gasteiger charge is -2.32. The van der Waals surface area contributed by atoms with Gasteiger partial charge < -0.3 is 20.3 Å². The molecule has 34 heavy (non-hydrogen) atoms. The summed E-state index contributed by atoms with van der Waals surface area (Å²) in [5, 5.41) is 4.44. The first-order chi connectivity index (χ1) is 16.2. The van der Waals surface area contributed by atoms with Crippen LogP contribution in [0.2, 0.25) is 0 Å². The Kier molecular flexibility index (Phi) is 8.50. The Hall–Kier alpha value is -3.56. The van der Waals surface area contributed by atoms with E-state index in [-0.39, 0.29) is 36.7 Å². The average Bonchev–Trinajstić information content (AvgIpc) is 2.83. The number of likely N-dealkylation sites (tertiary alicyclic amines) is 1. The number of carbonyl (C=O) groups excluding carboxylic acids is 3. The minimum absolute atomic E-state index is 0.0677. The van der Waals surface area contributed by atoms with E-state index in [1.807, 2.05) is 18.2 Å². The molecule has 2 aromatic carbocycles. The number of amides is 3. The van der Waals surface area contributed by atoms with Crippen molar-refractivity contribution in [2.24, 2.45) is 5.92 Å². The smallest absolute Gasteiger partial charge is 0.405 e. The van der Waals surface area contributed by atoms with Gasteiger partial charge in [0.15, 0.2) is 0 Å². The largest absolute Gasteiger partial charge is 0.493 e. The fourth-order valence-electron chi connectivity index (χ4n) is 3.65. The van der Waals surface area contributed by atoms with E-state index in [0.717, 1.165) is 0 Å². The molecule has 1 aliphatic heterocycles. The number of rotatable bonds is 8. The third-order valence-electron chi connectivity index (χ3n) is 5.35. The molecule has 0 aliphatic carbocycles. The van der Waals surface area contributed by atoms with Gasteiger partial charge in [0.05, 0.1) is 30.2 Å². The number of ether oxygens (including phenoxy) is 1. The van der Waals surface area contributed by atoms with Gasteiger partial charge in [-0.15, -0.1) is 0 Å². The number of hydrogen-bond acceptors (Lipinski definition) is 4. The Labute approximate surface area is 195 Å². The normalized spacial score (nSPS) is 16.0. The van der Waals surface area contributed by atoms with Gasteiger partial charge in [0.2, 0.25) is 11.8 Å². The summed E-state index contributed by atoms with van der Waals surface area (Å²) in [5.74, 6) is -1.29. The number of para-hydroxylation sites is 2. The van der Waals surface area contributed by atoms with Gasteiger partial charge in [-0.2, -0.15) is 13.2 Å². The molecule has 0 bridgehead atoms. The maximum absolute atomic E-state index is 12.8. The number of nitrogens with zero attached hydrogens (tertiary/aromatic N) is 1. The van der Waals surface area contributed by atoms with Crippen LogP contribution >= 0.6 is 0 Å². The molecule has 0 spiro atoms. The van der Waals surface area contributed by atoms with Crippen LogP contribution in [0.3, 0.4) is 0 Å². The van der Waals surface area contributed by atoms with Crippen molar-refractivity contribution in [3.05, 3.63) is 60.2 Å². The van der Waals surface area contributed by atoms with E-state index >= 15 is 0 Å². The number of nitrogens with one attached hydrogen (secondary N) is 2. The summed E-state index contributed by atoms with van der Waals surface area (Å²) in [6.45, 7) is -0.499. The number of halogens is 3. The molecule has 1 fully saturated rings. The van der Waals surface area contributed by atoms with Gasteiger partial charge in [-0.25, -0.2) is 0 Å². The summed E-state index contributed by atoms with van der Waals surface area (Å²) in [6, 6.07) is 15.0. The van der Waals surface area contributed by atoms with Crippen LogP contribution in [-0.4, -0.2) is 55.0 Å². The molecule has 2 N–H and O–H groups in total. The molecule has 7 nitrogen and oxygen atoms in total. The highest BCUT2D eigenvalue weighted by molar-refractivity contribution is 6.04. The van der Waals surface area contributed by atoms with Gasteiger partial charge in [-0.1, -0.05) is 30.3 Å². The van der Waals surface area contributed by atoms with Crippen LogP contribution in [-0.2, 0) is 9.59 Å². The van der Waals surface area contributed by atoms with Crippen molar-refractivity contribution in [1.82, 2.24) is 10.2 Å². The first kappa shape index (κ1) is 25.1. The van der Waals surface area contributed by atoms with Crippen molar-refractivity contribution in [3.8, 4) is 5.75 Å². The predicted octanol–water partition coefficient (Wildman–Crippen LogP) is 3.62. The summed E-state index contributed by atoms with van der Waals surface area (Å²) < 4.78 is 42.8. The summed E-state index contributed by atoms with van der Waals surface area (Å²) >= 11 is 0. The molecule has 2 aromatic rings. The topological polar surface area (TPSA) is 87.7 Å². The molecule has 182 valence electrons. The molecule has 0 aromatic heterocycles. The molecule has 3 rings (SSSR count). The minimum Gasteiger partial charge on any atom is -0.493 e. The van der Waals surface area contributed by atoms with Crippen molar-refractivity contribution in [3.63, 3.8) is 0 Å². The lowest BCUT2D eigenvalue weighted by molar-refractivity contribution is -0.135. The zero-order valence-electron chi connectivity index (χ0n) is 18.4. The van der Waals surface area contributed by atoms with Crippen LogP contribution in [0.15, 0.2) is 54.6 Å². The summed E-state index contributed by atoms with van der Waals surface area (Å²) in [5.41, 5.74) is 0.0498. The lowest BCUT2D eigenvalue weighted by Crippen LogP contribution is -2.44. The molecular weight excluding hydrogens is 451 g/mol. The highest BCUT2D eigenvalue weighted by Gasteiger charge is 2.30. The standard InChI is InChI=1S/C24H26F3N3O4/c25-24(26,27)16-28-23(33)19-10-4-5-11-20(19)29-22(32)17-7-6-13-30(15-17)21(31)12-14-34-18-8-2-1-3-9-18/h1-5,8-11,17H,6-7,12-16H2,(H,28,33)(H,29,32). The second-order valence-corrected chi connectivity index (χ2v) is 7.92. The van der Waals surface area contributed by atoms with Crippen molar-refractivity contribution in [2.45, 2.75) is 25.4 Å². The molecule has 1 unspecified atom stereocenters. The fourth-order valence-corrected chi connectivity index (χ4v) is 3.65. The van der Waals surface area contributed by atoms with E-state index in [2.05, 4.69) is 5.32 Å². The van der Waals surface area contributed by atoms with E-state index in [0.29, 0.717) is 25.1 Å². The molecular formula is C24H26F3N3O4. The van der Waals surface area contributed by atoms with Crippen LogP contribution in [0.1, 0.15) is 29.6 Å². The third-order valence-corrected chi connectivity index (χ3v) is 5.35. The van der Waals surface area contributed by atoms with Crippen LogP contribution in [0.5, 0.6) is 5.75 Å². The number of benzene rings is 2. The Morgan fingerprint density at radius 1 is 1.03 bits per heavy atom. The number of carbonyl (C=O) groups is 3. The fraction of sp³-hybridized carbons (Fsp3) is 0.375. The molecule has 1 atom stereocenters. The Balaban J connectivity index is 1.54. The minimum atomic E-state index is -4.54. The van der Waals surface area contributed by atoms with Gasteiger partial charge in [0.25, 0.3) is 5.91 Å².